The Labute approximate surface area is 68.9 Å². The molecular weight excluding hydrogens is 160 g/mol. The molecule has 1 rings (SSSR count). The van der Waals surface area contributed by atoms with Crippen LogP contribution in [0, 0.1) is 0 Å². The third-order valence-corrected chi connectivity index (χ3v) is 2.20. The van der Waals surface area contributed by atoms with Gasteiger partial charge in [-0.1, -0.05) is 35.0 Å². The van der Waals surface area contributed by atoms with Crippen molar-refractivity contribution in [1.29, 1.82) is 0 Å². The van der Waals surface area contributed by atoms with Crippen molar-refractivity contribution in [1.82, 2.24) is 0 Å². The highest BCUT2D eigenvalue weighted by Gasteiger charge is 1.96. The van der Waals surface area contributed by atoms with Crippen LogP contribution in [0.5, 0.6) is 0 Å². The topological polar surface area (TPSA) is 0 Å². The Balaban J connectivity index is 3.15. The van der Waals surface area contributed by atoms with Crippen molar-refractivity contribution in [2.75, 3.05) is 0 Å². The molecule has 1 aromatic carbocycles. The molecule has 52 valence electrons. The molecule has 10 heavy (non-hydrogen) atoms. The number of hydrogen-bond donors (Lipinski definition) is 0. The van der Waals surface area contributed by atoms with E-state index in [1.807, 2.05) is 24.3 Å². The second-order valence-corrected chi connectivity index (χ2v) is 3.87. The molecule has 0 saturated heterocycles. The van der Waals surface area contributed by atoms with Gasteiger partial charge in [0.15, 0.2) is 0 Å². The predicted molar refractivity (Wildman–Crippen MR) is 50.4 cm³/mol. The first-order chi connectivity index (χ1) is 4.72. The van der Waals surface area contributed by atoms with Crippen molar-refractivity contribution in [3.8, 4) is 0 Å². The van der Waals surface area contributed by atoms with E-state index in [2.05, 4.69) is 6.58 Å². The van der Waals surface area contributed by atoms with Crippen LogP contribution < -0.4 is 0 Å². The van der Waals surface area contributed by atoms with Crippen LogP contribution in [0.4, 0.5) is 0 Å². The summed E-state index contributed by atoms with van der Waals surface area (Å²) in [6, 6.07) is 7.79. The average Bonchev–Trinajstić information content (AvgIpc) is 1.88. The molecule has 0 N–H and O–H groups in total. The molecule has 0 aromatic heterocycles. The van der Waals surface area contributed by atoms with E-state index >= 15 is 0 Å². The summed E-state index contributed by atoms with van der Waals surface area (Å²) in [6.45, 7) is 3.86. The van der Waals surface area contributed by atoms with Gasteiger partial charge in [0.25, 0.3) is 0 Å². The van der Waals surface area contributed by atoms with Gasteiger partial charge in [-0.05, 0) is 11.6 Å². The second kappa shape index (κ2) is 3.04. The Bertz CT molecular complexity index is 255. The predicted octanol–water partition coefficient (Wildman–Crippen LogP) is 1.68. The Hall–Kier alpha value is -0.533. The highest BCUT2D eigenvalue weighted by molar-refractivity contribution is 6.44. The number of hydrogen-bond acceptors (Lipinski definition) is 0. The highest BCUT2D eigenvalue weighted by Crippen LogP contribution is 2.19. The zero-order valence-corrected chi connectivity index (χ0v) is 8.65. The van der Waals surface area contributed by atoms with E-state index in [0.29, 0.717) is 0 Å². The van der Waals surface area contributed by atoms with Crippen LogP contribution in [0.2, 0.25) is 5.02 Å². The van der Waals surface area contributed by atoms with Crippen LogP contribution in [0.1, 0.15) is 5.56 Å². The minimum absolute atomic E-state index is 0.808. The summed E-state index contributed by atoms with van der Waals surface area (Å²) in [6.07, 6.45) is 0. The van der Waals surface area contributed by atoms with Crippen LogP contribution in [0.3, 0.4) is 0 Å². The monoisotopic (exact) mass is 168 g/mol. The van der Waals surface area contributed by atoms with E-state index < -0.39 is 0 Å². The van der Waals surface area contributed by atoms with Gasteiger partial charge in [0.1, 0.15) is 0 Å². The summed E-state index contributed by atoms with van der Waals surface area (Å²) in [5.41, 5.74) is 1.09. The molecule has 0 aliphatic heterocycles. The fourth-order valence-electron chi connectivity index (χ4n) is 0.807. The van der Waals surface area contributed by atoms with E-state index in [-0.39, 0.29) is 0 Å². The quantitative estimate of drug-likeness (QED) is 0.560. The van der Waals surface area contributed by atoms with Crippen molar-refractivity contribution in [2.24, 2.45) is 0 Å². The zero-order chi connectivity index (χ0) is 7.56. The lowest BCUT2D eigenvalue weighted by Gasteiger charge is -2.00. The van der Waals surface area contributed by atoms with Gasteiger partial charge in [-0.15, -0.1) is 6.58 Å². The molecule has 0 aliphatic rings. The maximum atomic E-state index is 5.88. The van der Waals surface area contributed by atoms with E-state index in [4.69, 9.17) is 11.6 Å². The largest absolute Gasteiger partial charge is 0.100 e. The molecule has 0 unspecified atom stereocenters. The summed E-state index contributed by atoms with van der Waals surface area (Å²) in [4.78, 5) is 0. The van der Waals surface area contributed by atoms with Crippen LogP contribution in [-0.4, -0.2) is 10.2 Å². The molecule has 0 bridgehead atoms. The van der Waals surface area contributed by atoms with Crippen molar-refractivity contribution < 1.29 is 0 Å². The van der Waals surface area contributed by atoms with Crippen LogP contribution in [-0.2, 0) is 0 Å². The van der Waals surface area contributed by atoms with Gasteiger partial charge in [0.2, 0.25) is 0 Å². The normalized spacial score (nSPS) is 9.70. The summed E-state index contributed by atoms with van der Waals surface area (Å²) >= 11 is 5.88. The van der Waals surface area contributed by atoms with Gasteiger partial charge < -0.3 is 0 Å². The van der Waals surface area contributed by atoms with Gasteiger partial charge in [-0.2, -0.15) is 0 Å². The van der Waals surface area contributed by atoms with Crippen molar-refractivity contribution in [3.63, 3.8) is 0 Å². The molecule has 0 amide bonds. The lowest BCUT2D eigenvalue weighted by Crippen LogP contribution is -1.81. The summed E-state index contributed by atoms with van der Waals surface area (Å²) < 4.78 is 0. The SMILES string of the molecule is C=C([SiH3])c1ccccc1Cl. The van der Waals surface area contributed by atoms with Crippen molar-refractivity contribution in [3.05, 3.63) is 41.4 Å². The standard InChI is InChI=1S/C8H9ClSi/c1-6(10)7-4-2-3-5-8(7)9/h2-5H,1H2,10H3. The first-order valence-corrected chi connectivity index (χ1v) is 4.50. The molecule has 1 aromatic rings. The Morgan fingerprint density at radius 3 is 2.40 bits per heavy atom. The van der Waals surface area contributed by atoms with Crippen LogP contribution in [0.15, 0.2) is 30.8 Å². The molecular formula is C8H9ClSi. The van der Waals surface area contributed by atoms with Gasteiger partial charge in [0.05, 0.1) is 0 Å². The smallest absolute Gasteiger partial charge is 0.0476 e. The molecule has 0 fully saturated rings. The van der Waals surface area contributed by atoms with Gasteiger partial charge in [-0.3, -0.25) is 0 Å². The van der Waals surface area contributed by atoms with Crippen LogP contribution in [0.25, 0.3) is 5.20 Å². The minimum atomic E-state index is 0.808. The Morgan fingerprint density at radius 1 is 1.40 bits per heavy atom. The Kier molecular flexibility index (Phi) is 2.30. The molecule has 0 heterocycles. The van der Waals surface area contributed by atoms with Crippen LogP contribution >= 0.6 is 11.6 Å². The second-order valence-electron chi connectivity index (χ2n) is 2.26. The fraction of sp³-hybridized carbons (Fsp3) is 0. The summed E-state index contributed by atoms with van der Waals surface area (Å²) in [5.74, 6) is 0. The first-order valence-electron chi connectivity index (χ1n) is 3.12. The highest BCUT2D eigenvalue weighted by atomic mass is 35.5. The lowest BCUT2D eigenvalue weighted by atomic mass is 10.2. The molecule has 0 atom stereocenters. The van der Waals surface area contributed by atoms with E-state index in [9.17, 15) is 0 Å². The van der Waals surface area contributed by atoms with Crippen molar-refractivity contribution in [2.45, 2.75) is 0 Å². The molecule has 0 spiro atoms. The molecule has 0 radical (unpaired) electrons. The average molecular weight is 169 g/mol. The third kappa shape index (κ3) is 1.49. The molecule has 0 aliphatic carbocycles. The van der Waals surface area contributed by atoms with E-state index in [0.717, 1.165) is 26.0 Å². The lowest BCUT2D eigenvalue weighted by molar-refractivity contribution is 1.65. The van der Waals surface area contributed by atoms with E-state index in [1.54, 1.807) is 0 Å². The fourth-order valence-corrected chi connectivity index (χ4v) is 1.70. The van der Waals surface area contributed by atoms with Gasteiger partial charge in [-0.25, -0.2) is 0 Å². The van der Waals surface area contributed by atoms with Crippen molar-refractivity contribution >= 4 is 27.0 Å². The number of benzene rings is 1. The molecule has 0 saturated carbocycles. The first kappa shape index (κ1) is 7.57. The maximum absolute atomic E-state index is 5.88. The maximum Gasteiger partial charge on any atom is 0.0476 e. The summed E-state index contributed by atoms with van der Waals surface area (Å²) in [7, 11) is 0.976. The third-order valence-electron chi connectivity index (χ3n) is 1.33. The van der Waals surface area contributed by atoms with Gasteiger partial charge >= 0.3 is 0 Å². The van der Waals surface area contributed by atoms with E-state index in [1.165, 1.54) is 0 Å². The molecule has 2 heteroatoms. The number of rotatable bonds is 1. The summed E-state index contributed by atoms with van der Waals surface area (Å²) in [5, 5.41) is 1.95. The number of halogens is 1. The van der Waals surface area contributed by atoms with Gasteiger partial charge in [0, 0.05) is 15.3 Å². The zero-order valence-electron chi connectivity index (χ0n) is 5.89. The minimum Gasteiger partial charge on any atom is -0.100 e. The molecule has 0 nitrogen and oxygen atoms in total. The Morgan fingerprint density at radius 2 is 2.00 bits per heavy atom.